The zero-order valence-electron chi connectivity index (χ0n) is 13.1. The van der Waals surface area contributed by atoms with Crippen LogP contribution in [0.15, 0.2) is 10.5 Å². The van der Waals surface area contributed by atoms with Gasteiger partial charge in [0.05, 0.1) is 19.2 Å². The highest BCUT2D eigenvalue weighted by molar-refractivity contribution is 5.20. The number of furan rings is 1. The summed E-state index contributed by atoms with van der Waals surface area (Å²) in [6, 6.07) is 2.17. The molecule has 1 aliphatic rings. The highest BCUT2D eigenvalue weighted by Crippen LogP contribution is 2.18. The topological polar surface area (TPSA) is 37.6 Å². The highest BCUT2D eigenvalue weighted by atomic mass is 16.5. The van der Waals surface area contributed by atoms with Gasteiger partial charge in [0.25, 0.3) is 0 Å². The van der Waals surface area contributed by atoms with Gasteiger partial charge in [-0.1, -0.05) is 13.8 Å². The Bertz CT molecular complexity index is 397. The minimum atomic E-state index is 0.409. The van der Waals surface area contributed by atoms with Crippen LogP contribution in [0.25, 0.3) is 0 Å². The molecule has 0 spiro atoms. The summed E-state index contributed by atoms with van der Waals surface area (Å²) in [7, 11) is 0. The molecule has 1 N–H and O–H groups in total. The molecule has 0 amide bonds. The first-order chi connectivity index (χ1) is 9.72. The lowest BCUT2D eigenvalue weighted by Crippen LogP contribution is -2.31. The van der Waals surface area contributed by atoms with Crippen molar-refractivity contribution in [3.8, 4) is 0 Å². The van der Waals surface area contributed by atoms with Gasteiger partial charge < -0.3 is 14.5 Å². The van der Waals surface area contributed by atoms with E-state index in [2.05, 4.69) is 37.1 Å². The van der Waals surface area contributed by atoms with E-state index in [0.717, 1.165) is 50.9 Å². The van der Waals surface area contributed by atoms with Crippen LogP contribution in [0.3, 0.4) is 0 Å². The van der Waals surface area contributed by atoms with Crippen molar-refractivity contribution in [3.05, 3.63) is 23.2 Å². The summed E-state index contributed by atoms with van der Waals surface area (Å²) in [5.74, 6) is 2.13. The Morgan fingerprint density at radius 2 is 2.25 bits per heavy atom. The molecule has 0 radical (unpaired) electrons. The Balaban J connectivity index is 1.89. The lowest BCUT2D eigenvalue weighted by molar-refractivity contribution is 0.0701. The third-order valence-electron chi connectivity index (χ3n) is 3.92. The molecular formula is C16H28N2O2. The Morgan fingerprint density at radius 1 is 1.40 bits per heavy atom. The van der Waals surface area contributed by atoms with Gasteiger partial charge in [0.15, 0.2) is 0 Å². The molecule has 114 valence electrons. The van der Waals surface area contributed by atoms with E-state index in [9.17, 15) is 0 Å². The molecule has 4 heteroatoms. The van der Waals surface area contributed by atoms with Gasteiger partial charge in [0.1, 0.15) is 11.5 Å². The molecule has 1 aromatic rings. The van der Waals surface area contributed by atoms with Gasteiger partial charge in [0, 0.05) is 13.2 Å². The quantitative estimate of drug-likeness (QED) is 0.794. The van der Waals surface area contributed by atoms with E-state index in [4.69, 9.17) is 9.15 Å². The number of nitrogens with zero attached hydrogens (tertiary/aromatic N) is 1. The van der Waals surface area contributed by atoms with Crippen molar-refractivity contribution in [2.24, 2.45) is 0 Å². The van der Waals surface area contributed by atoms with Gasteiger partial charge in [-0.2, -0.15) is 0 Å². The standard InChI is InChI=1S/C16H28N2O2/c1-4-17-10-16-13(3)9-15(20-16)12-18(5-2)11-14-7-6-8-19-14/h9,14,17H,4-8,10-12H2,1-3H3. The molecular weight excluding hydrogens is 252 g/mol. The van der Waals surface area contributed by atoms with Crippen LogP contribution in [0, 0.1) is 6.92 Å². The predicted molar refractivity (Wildman–Crippen MR) is 80.8 cm³/mol. The van der Waals surface area contributed by atoms with Crippen molar-refractivity contribution in [2.45, 2.75) is 52.8 Å². The second kappa shape index (κ2) is 7.81. The minimum Gasteiger partial charge on any atom is -0.463 e. The minimum absolute atomic E-state index is 0.409. The number of nitrogens with one attached hydrogen (secondary N) is 1. The summed E-state index contributed by atoms with van der Waals surface area (Å²) >= 11 is 0. The molecule has 2 rings (SSSR count). The van der Waals surface area contributed by atoms with Gasteiger partial charge in [-0.05, 0) is 44.5 Å². The molecule has 20 heavy (non-hydrogen) atoms. The van der Waals surface area contributed by atoms with Crippen molar-refractivity contribution in [2.75, 3.05) is 26.2 Å². The average molecular weight is 280 g/mol. The number of aryl methyl sites for hydroxylation is 1. The molecule has 0 saturated carbocycles. The van der Waals surface area contributed by atoms with E-state index < -0.39 is 0 Å². The maximum atomic E-state index is 5.97. The summed E-state index contributed by atoms with van der Waals surface area (Å²) in [6.45, 7) is 12.1. The molecule has 1 aliphatic heterocycles. The molecule has 0 aromatic carbocycles. The van der Waals surface area contributed by atoms with Gasteiger partial charge in [-0.15, -0.1) is 0 Å². The second-order valence-electron chi connectivity index (χ2n) is 5.56. The maximum absolute atomic E-state index is 5.97. The number of hydrogen-bond acceptors (Lipinski definition) is 4. The Hall–Kier alpha value is -0.840. The van der Waals surface area contributed by atoms with Crippen molar-refractivity contribution in [3.63, 3.8) is 0 Å². The summed E-state index contributed by atoms with van der Waals surface area (Å²) in [5.41, 5.74) is 1.24. The fourth-order valence-electron chi connectivity index (χ4n) is 2.68. The van der Waals surface area contributed by atoms with Crippen LogP contribution in [-0.4, -0.2) is 37.2 Å². The Kier molecular flexibility index (Phi) is 6.07. The van der Waals surface area contributed by atoms with E-state index in [1.807, 2.05) is 0 Å². The van der Waals surface area contributed by atoms with E-state index in [1.165, 1.54) is 18.4 Å². The molecule has 4 nitrogen and oxygen atoms in total. The zero-order chi connectivity index (χ0) is 14.4. The van der Waals surface area contributed by atoms with Gasteiger partial charge in [0.2, 0.25) is 0 Å². The third-order valence-corrected chi connectivity index (χ3v) is 3.92. The monoisotopic (exact) mass is 280 g/mol. The van der Waals surface area contributed by atoms with Crippen molar-refractivity contribution < 1.29 is 9.15 Å². The molecule has 1 fully saturated rings. The molecule has 2 heterocycles. The first-order valence-corrected chi connectivity index (χ1v) is 7.85. The van der Waals surface area contributed by atoms with Gasteiger partial charge >= 0.3 is 0 Å². The average Bonchev–Trinajstić information content (AvgIpc) is 3.06. The summed E-state index contributed by atoms with van der Waals surface area (Å²) in [6.07, 6.45) is 2.81. The van der Waals surface area contributed by atoms with Gasteiger partial charge in [-0.3, -0.25) is 4.90 Å². The van der Waals surface area contributed by atoms with Crippen LogP contribution in [0.1, 0.15) is 43.8 Å². The van der Waals surface area contributed by atoms with E-state index in [0.29, 0.717) is 6.10 Å². The largest absolute Gasteiger partial charge is 0.463 e. The van der Waals surface area contributed by atoms with Gasteiger partial charge in [-0.25, -0.2) is 0 Å². The van der Waals surface area contributed by atoms with Crippen molar-refractivity contribution in [1.82, 2.24) is 10.2 Å². The predicted octanol–water partition coefficient (Wildman–Crippen LogP) is 2.70. The molecule has 0 aliphatic carbocycles. The van der Waals surface area contributed by atoms with E-state index in [1.54, 1.807) is 0 Å². The Morgan fingerprint density at radius 3 is 2.90 bits per heavy atom. The fraction of sp³-hybridized carbons (Fsp3) is 0.750. The number of hydrogen-bond donors (Lipinski definition) is 1. The summed E-state index contributed by atoms with van der Waals surface area (Å²) in [5, 5.41) is 3.32. The van der Waals surface area contributed by atoms with Crippen LogP contribution in [0.5, 0.6) is 0 Å². The lowest BCUT2D eigenvalue weighted by Gasteiger charge is -2.22. The first-order valence-electron chi connectivity index (χ1n) is 7.85. The summed E-state index contributed by atoms with van der Waals surface area (Å²) in [4.78, 5) is 2.41. The van der Waals surface area contributed by atoms with Crippen LogP contribution in [0.4, 0.5) is 0 Å². The smallest absolute Gasteiger partial charge is 0.120 e. The molecule has 1 aromatic heterocycles. The second-order valence-corrected chi connectivity index (χ2v) is 5.56. The summed E-state index contributed by atoms with van der Waals surface area (Å²) < 4.78 is 11.7. The van der Waals surface area contributed by atoms with E-state index >= 15 is 0 Å². The fourth-order valence-corrected chi connectivity index (χ4v) is 2.68. The lowest BCUT2D eigenvalue weighted by atomic mass is 10.2. The Labute approximate surface area is 122 Å². The number of ether oxygens (including phenoxy) is 1. The van der Waals surface area contributed by atoms with Crippen LogP contribution in [-0.2, 0) is 17.8 Å². The zero-order valence-corrected chi connectivity index (χ0v) is 13.1. The molecule has 0 bridgehead atoms. The maximum Gasteiger partial charge on any atom is 0.120 e. The highest BCUT2D eigenvalue weighted by Gasteiger charge is 2.19. The van der Waals surface area contributed by atoms with Crippen molar-refractivity contribution >= 4 is 0 Å². The number of rotatable bonds is 8. The number of likely N-dealkylation sites (N-methyl/N-ethyl adjacent to an activating group) is 1. The molecule has 1 unspecified atom stereocenters. The van der Waals surface area contributed by atoms with Crippen LogP contribution < -0.4 is 5.32 Å². The third kappa shape index (κ3) is 4.33. The first kappa shape index (κ1) is 15.5. The SMILES string of the molecule is CCNCc1oc(CN(CC)CC2CCCO2)cc1C. The normalized spacial score (nSPS) is 19.1. The van der Waals surface area contributed by atoms with Crippen LogP contribution in [0.2, 0.25) is 0 Å². The van der Waals surface area contributed by atoms with Crippen molar-refractivity contribution in [1.29, 1.82) is 0 Å². The van der Waals surface area contributed by atoms with E-state index in [-0.39, 0.29) is 0 Å². The van der Waals surface area contributed by atoms with Crippen LogP contribution >= 0.6 is 0 Å². The molecule has 1 saturated heterocycles. The molecule has 1 atom stereocenters.